The van der Waals surface area contributed by atoms with Gasteiger partial charge in [-0.1, -0.05) is 11.8 Å². The molecule has 0 spiro atoms. The van der Waals surface area contributed by atoms with E-state index < -0.39 is 0 Å². The number of halogens is 1. The number of ether oxygens (including phenoxy) is 1. The minimum atomic E-state index is -0.313. The molecule has 4 saturated carbocycles. The van der Waals surface area contributed by atoms with Crippen LogP contribution < -0.4 is 15.5 Å². The number of aromatic amines is 1. The van der Waals surface area contributed by atoms with Crippen molar-refractivity contribution in [3.05, 3.63) is 53.7 Å². The zero-order chi connectivity index (χ0) is 25.2. The highest BCUT2D eigenvalue weighted by Crippen LogP contribution is 2.53. The van der Waals surface area contributed by atoms with Crippen molar-refractivity contribution in [1.82, 2.24) is 20.5 Å². The van der Waals surface area contributed by atoms with Crippen LogP contribution in [0.3, 0.4) is 0 Å². The number of nitrogens with one attached hydrogen (secondary N) is 3. The Morgan fingerprint density at radius 2 is 1.89 bits per heavy atom. The summed E-state index contributed by atoms with van der Waals surface area (Å²) in [5.41, 5.74) is 2.77. The minimum Gasteiger partial charge on any atom is -0.486 e. The molecular weight excluding hydrogens is 495 g/mol. The Hall–Kier alpha value is -3.34. The van der Waals surface area contributed by atoms with Crippen LogP contribution in [-0.4, -0.2) is 39.1 Å². The van der Waals surface area contributed by atoms with E-state index in [2.05, 4.69) is 31.0 Å². The second kappa shape index (κ2) is 10.6. The van der Waals surface area contributed by atoms with Crippen LogP contribution >= 0.6 is 11.8 Å². The molecule has 1 aromatic carbocycles. The highest BCUT2D eigenvalue weighted by atomic mass is 32.2. The van der Waals surface area contributed by atoms with E-state index in [0.717, 1.165) is 11.8 Å². The van der Waals surface area contributed by atoms with E-state index in [0.29, 0.717) is 52.0 Å². The fourth-order valence-electron chi connectivity index (χ4n) is 6.26. The van der Waals surface area contributed by atoms with Crippen LogP contribution in [-0.2, 0) is 11.4 Å². The molecule has 194 valence electrons. The van der Waals surface area contributed by atoms with Crippen LogP contribution in [0.5, 0.6) is 5.75 Å². The van der Waals surface area contributed by atoms with E-state index in [1.165, 1.54) is 62.2 Å². The summed E-state index contributed by atoms with van der Waals surface area (Å²) >= 11 is 1.30. The van der Waals surface area contributed by atoms with Gasteiger partial charge in [0, 0.05) is 6.04 Å². The molecule has 3 N–H and O–H groups in total. The molecule has 3 aromatic rings. The van der Waals surface area contributed by atoms with Gasteiger partial charge in [0.25, 0.3) is 0 Å². The summed E-state index contributed by atoms with van der Waals surface area (Å²) in [6.45, 7) is 0.215. The molecule has 0 saturated heterocycles. The largest absolute Gasteiger partial charge is 0.486 e. The summed E-state index contributed by atoms with van der Waals surface area (Å²) in [5.74, 6) is 5.20. The molecule has 0 unspecified atom stereocenters. The molecule has 2 heterocycles. The van der Waals surface area contributed by atoms with Crippen LogP contribution in [0.15, 0.2) is 51.1 Å². The summed E-state index contributed by atoms with van der Waals surface area (Å²) in [5, 5.41) is 14.8. The van der Waals surface area contributed by atoms with Crippen molar-refractivity contribution < 1.29 is 18.3 Å². The third kappa shape index (κ3) is 5.82. The number of thioether (sulfide) groups is 1. The Morgan fingerprint density at radius 1 is 1.14 bits per heavy atom. The SMILES string of the molecule is O=C(CSc1n[nH]c(N/N=C/c2ccc(COc3ccc(F)cc3)o2)n1)NC1C2CC3CC(C2)CC1C3. The summed E-state index contributed by atoms with van der Waals surface area (Å²) < 4.78 is 24.2. The van der Waals surface area contributed by atoms with Gasteiger partial charge in [-0.3, -0.25) is 4.79 Å². The quantitative estimate of drug-likeness (QED) is 0.202. The Balaban J connectivity index is 0.930. The smallest absolute Gasteiger partial charge is 0.240 e. The van der Waals surface area contributed by atoms with Crippen molar-refractivity contribution in [3.8, 4) is 5.75 Å². The van der Waals surface area contributed by atoms with Gasteiger partial charge >= 0.3 is 0 Å². The normalized spacial score (nSPS) is 26.0. The maximum atomic E-state index is 13.0. The van der Waals surface area contributed by atoms with Crippen molar-refractivity contribution in [2.75, 3.05) is 11.2 Å². The van der Waals surface area contributed by atoms with Gasteiger partial charge in [-0.05, 0) is 92.2 Å². The molecule has 11 heteroatoms. The first kappa shape index (κ1) is 24.0. The van der Waals surface area contributed by atoms with Gasteiger partial charge in [0.15, 0.2) is 0 Å². The van der Waals surface area contributed by atoms with Crippen molar-refractivity contribution in [2.24, 2.45) is 28.8 Å². The number of benzene rings is 1. The monoisotopic (exact) mass is 524 g/mol. The number of carbonyl (C=O) groups excluding carboxylic acids is 1. The number of H-pyrrole nitrogens is 1. The van der Waals surface area contributed by atoms with E-state index in [1.54, 1.807) is 24.3 Å². The molecular formula is C26H29FN6O3S. The fraction of sp³-hybridized carbons (Fsp3) is 0.462. The van der Waals surface area contributed by atoms with E-state index in [1.807, 2.05) is 0 Å². The fourth-order valence-corrected chi connectivity index (χ4v) is 6.87. The summed E-state index contributed by atoms with van der Waals surface area (Å²) in [4.78, 5) is 16.9. The lowest BCUT2D eigenvalue weighted by Gasteiger charge is -2.54. The number of amides is 1. The van der Waals surface area contributed by atoms with Crippen LogP contribution in [0.2, 0.25) is 0 Å². The van der Waals surface area contributed by atoms with Crippen molar-refractivity contribution in [1.29, 1.82) is 0 Å². The predicted molar refractivity (Wildman–Crippen MR) is 137 cm³/mol. The number of hydrogen-bond acceptors (Lipinski definition) is 8. The Bertz CT molecular complexity index is 1230. The van der Waals surface area contributed by atoms with Crippen LogP contribution in [0.25, 0.3) is 0 Å². The zero-order valence-electron chi connectivity index (χ0n) is 20.2. The average molecular weight is 525 g/mol. The molecule has 7 rings (SSSR count). The van der Waals surface area contributed by atoms with Gasteiger partial charge in [0.1, 0.15) is 29.7 Å². The lowest BCUT2D eigenvalue weighted by atomic mass is 9.54. The first-order valence-electron chi connectivity index (χ1n) is 12.7. The lowest BCUT2D eigenvalue weighted by Crippen LogP contribution is -2.56. The number of hydrogen-bond donors (Lipinski definition) is 3. The molecule has 4 bridgehead atoms. The van der Waals surface area contributed by atoms with E-state index in [-0.39, 0.29) is 18.3 Å². The van der Waals surface area contributed by atoms with Crippen LogP contribution in [0, 0.1) is 29.5 Å². The van der Waals surface area contributed by atoms with E-state index >= 15 is 0 Å². The van der Waals surface area contributed by atoms with Gasteiger partial charge in [-0.15, -0.1) is 5.10 Å². The number of rotatable bonds is 10. The molecule has 4 fully saturated rings. The topological polar surface area (TPSA) is 117 Å². The second-order valence-electron chi connectivity index (χ2n) is 10.2. The number of furan rings is 1. The minimum absolute atomic E-state index is 0.0526. The molecule has 1 amide bonds. The maximum Gasteiger partial charge on any atom is 0.240 e. The molecule has 2 aromatic heterocycles. The summed E-state index contributed by atoms with van der Waals surface area (Å²) in [6, 6.07) is 9.69. The molecule has 0 radical (unpaired) electrons. The molecule has 4 aliphatic rings. The number of anilines is 1. The van der Waals surface area contributed by atoms with Crippen molar-refractivity contribution in [2.45, 2.75) is 49.9 Å². The Labute approximate surface area is 218 Å². The summed E-state index contributed by atoms with van der Waals surface area (Å²) in [7, 11) is 0. The highest BCUT2D eigenvalue weighted by molar-refractivity contribution is 7.99. The van der Waals surface area contributed by atoms with E-state index in [4.69, 9.17) is 9.15 Å². The van der Waals surface area contributed by atoms with Crippen LogP contribution in [0.1, 0.15) is 43.6 Å². The molecule has 0 atom stereocenters. The second-order valence-corrected chi connectivity index (χ2v) is 11.1. The number of aromatic nitrogens is 3. The predicted octanol–water partition coefficient (Wildman–Crippen LogP) is 4.59. The first-order valence-corrected chi connectivity index (χ1v) is 13.7. The third-order valence-electron chi connectivity index (χ3n) is 7.59. The molecule has 37 heavy (non-hydrogen) atoms. The highest BCUT2D eigenvalue weighted by Gasteiger charge is 2.48. The number of carbonyl (C=O) groups is 1. The maximum absolute atomic E-state index is 13.0. The number of hydrazone groups is 1. The van der Waals surface area contributed by atoms with Crippen LogP contribution in [0.4, 0.5) is 10.3 Å². The third-order valence-corrected chi connectivity index (χ3v) is 8.44. The Morgan fingerprint density at radius 3 is 2.65 bits per heavy atom. The average Bonchev–Trinajstić information content (AvgIpc) is 3.54. The van der Waals surface area contributed by atoms with Crippen molar-refractivity contribution >= 4 is 29.8 Å². The van der Waals surface area contributed by atoms with Gasteiger partial charge in [0.05, 0.1) is 12.0 Å². The lowest BCUT2D eigenvalue weighted by molar-refractivity contribution is -0.122. The molecule has 4 aliphatic carbocycles. The number of nitrogens with zero attached hydrogens (tertiary/aromatic N) is 3. The molecule has 0 aliphatic heterocycles. The summed E-state index contributed by atoms with van der Waals surface area (Å²) in [6.07, 6.45) is 8.05. The van der Waals surface area contributed by atoms with E-state index in [9.17, 15) is 9.18 Å². The molecule has 9 nitrogen and oxygen atoms in total. The van der Waals surface area contributed by atoms with Gasteiger partial charge in [-0.25, -0.2) is 14.9 Å². The first-order chi connectivity index (χ1) is 18.1. The zero-order valence-corrected chi connectivity index (χ0v) is 21.0. The van der Waals surface area contributed by atoms with Gasteiger partial charge in [0.2, 0.25) is 17.0 Å². The van der Waals surface area contributed by atoms with Gasteiger partial charge < -0.3 is 14.5 Å². The Kier molecular flexibility index (Phi) is 6.86. The van der Waals surface area contributed by atoms with Gasteiger partial charge in [-0.2, -0.15) is 10.1 Å². The standard InChI is InChI=1S/C26H29FN6O3S/c27-19-1-3-20(4-2-19)35-13-22-6-5-21(36-22)12-28-31-25-30-26(33-32-25)37-14-23(34)29-24-17-8-15-7-16(10-17)11-18(24)9-15/h1-6,12,15-18,24H,7-11,13-14H2,(H,29,34)(H2,30,31,32,33)/b28-12+. The van der Waals surface area contributed by atoms with Crippen molar-refractivity contribution in [3.63, 3.8) is 0 Å².